The van der Waals surface area contributed by atoms with Crippen LogP contribution in [0.3, 0.4) is 0 Å². The first-order valence-electron chi connectivity index (χ1n) is 5.79. The van der Waals surface area contributed by atoms with Crippen LogP contribution >= 0.6 is 0 Å². The summed E-state index contributed by atoms with van der Waals surface area (Å²) in [5.74, 6) is 1.08. The number of nitrogen functional groups attached to an aromatic ring is 1. The molecule has 2 heterocycles. The zero-order valence-corrected chi connectivity index (χ0v) is 9.32. The Morgan fingerprint density at radius 1 is 1.47 bits per heavy atom. The fourth-order valence-electron chi connectivity index (χ4n) is 2.29. The van der Waals surface area contributed by atoms with E-state index in [0.29, 0.717) is 6.04 Å². The maximum absolute atomic E-state index is 5.64. The highest BCUT2D eigenvalue weighted by molar-refractivity contribution is 5.46. The number of pyridine rings is 1. The van der Waals surface area contributed by atoms with Crippen molar-refractivity contribution >= 4 is 11.5 Å². The van der Waals surface area contributed by atoms with E-state index in [-0.39, 0.29) is 0 Å². The molecule has 15 heavy (non-hydrogen) atoms. The van der Waals surface area contributed by atoms with Crippen molar-refractivity contribution < 1.29 is 0 Å². The van der Waals surface area contributed by atoms with E-state index in [1.54, 1.807) is 6.20 Å². The Bertz CT molecular complexity index is 307. The van der Waals surface area contributed by atoms with Gasteiger partial charge in [-0.2, -0.15) is 0 Å². The van der Waals surface area contributed by atoms with E-state index >= 15 is 0 Å². The highest BCUT2D eigenvalue weighted by atomic mass is 15.2. The molecule has 1 aromatic rings. The Morgan fingerprint density at radius 3 is 3.00 bits per heavy atom. The number of rotatable bonds is 2. The highest BCUT2D eigenvalue weighted by Gasteiger charge is 2.21. The van der Waals surface area contributed by atoms with Gasteiger partial charge in [0.2, 0.25) is 0 Å². The van der Waals surface area contributed by atoms with Crippen LogP contribution in [0.25, 0.3) is 0 Å². The smallest absolute Gasteiger partial charge is 0.128 e. The average Bonchev–Trinajstić information content (AvgIpc) is 2.30. The number of piperidine rings is 1. The fraction of sp³-hybridized carbons (Fsp3) is 0.583. The van der Waals surface area contributed by atoms with Crippen molar-refractivity contribution in [2.24, 2.45) is 0 Å². The van der Waals surface area contributed by atoms with Crippen LogP contribution < -0.4 is 10.6 Å². The predicted octanol–water partition coefficient (Wildman–Crippen LogP) is 2.43. The molecule has 82 valence electrons. The van der Waals surface area contributed by atoms with Crippen LogP contribution in [0.4, 0.5) is 11.5 Å². The number of anilines is 2. The molecule has 1 fully saturated rings. The molecular weight excluding hydrogens is 186 g/mol. The lowest BCUT2D eigenvalue weighted by atomic mass is 10.00. The van der Waals surface area contributed by atoms with E-state index in [1.807, 2.05) is 12.1 Å². The third-order valence-corrected chi connectivity index (χ3v) is 3.16. The summed E-state index contributed by atoms with van der Waals surface area (Å²) >= 11 is 0. The molecule has 0 radical (unpaired) electrons. The van der Waals surface area contributed by atoms with Gasteiger partial charge in [-0.1, -0.05) is 6.92 Å². The van der Waals surface area contributed by atoms with E-state index in [9.17, 15) is 0 Å². The normalized spacial score (nSPS) is 21.7. The number of nitrogens with zero attached hydrogens (tertiary/aromatic N) is 2. The molecule has 2 N–H and O–H groups in total. The molecule has 1 aromatic heterocycles. The van der Waals surface area contributed by atoms with Crippen LogP contribution in [-0.2, 0) is 0 Å². The molecular formula is C12H19N3. The van der Waals surface area contributed by atoms with Gasteiger partial charge in [-0.05, 0) is 37.8 Å². The highest BCUT2D eigenvalue weighted by Crippen LogP contribution is 2.24. The molecule has 1 saturated heterocycles. The Hall–Kier alpha value is -1.25. The van der Waals surface area contributed by atoms with Crippen LogP contribution in [0.1, 0.15) is 32.6 Å². The minimum atomic E-state index is 0.662. The summed E-state index contributed by atoms with van der Waals surface area (Å²) in [5.41, 5.74) is 6.38. The zero-order chi connectivity index (χ0) is 10.7. The third-order valence-electron chi connectivity index (χ3n) is 3.16. The van der Waals surface area contributed by atoms with Gasteiger partial charge in [-0.3, -0.25) is 0 Å². The van der Waals surface area contributed by atoms with E-state index in [1.165, 1.54) is 25.7 Å². The Kier molecular flexibility index (Phi) is 3.09. The van der Waals surface area contributed by atoms with Crippen LogP contribution in [-0.4, -0.2) is 17.6 Å². The van der Waals surface area contributed by atoms with Gasteiger partial charge in [0, 0.05) is 12.6 Å². The molecule has 0 aromatic carbocycles. The summed E-state index contributed by atoms with van der Waals surface area (Å²) in [6, 6.07) is 4.63. The second kappa shape index (κ2) is 4.51. The van der Waals surface area contributed by atoms with Crippen LogP contribution in [0.15, 0.2) is 18.3 Å². The van der Waals surface area contributed by atoms with Gasteiger partial charge in [-0.15, -0.1) is 0 Å². The van der Waals surface area contributed by atoms with E-state index in [0.717, 1.165) is 18.1 Å². The fourth-order valence-corrected chi connectivity index (χ4v) is 2.29. The molecule has 1 aliphatic heterocycles. The second-order valence-electron chi connectivity index (χ2n) is 4.20. The Labute approximate surface area is 91.3 Å². The summed E-state index contributed by atoms with van der Waals surface area (Å²) in [6.07, 6.45) is 6.87. The first kappa shape index (κ1) is 10.3. The van der Waals surface area contributed by atoms with Crippen molar-refractivity contribution in [3.8, 4) is 0 Å². The van der Waals surface area contributed by atoms with Crippen LogP contribution in [0.5, 0.6) is 0 Å². The standard InChI is InChI=1S/C12H19N3/c1-2-11-5-3-4-8-15(11)12-7-6-10(13)9-14-12/h6-7,9,11H,2-5,8,13H2,1H3/t11-/m0/s1. The van der Waals surface area contributed by atoms with Gasteiger partial charge in [0.05, 0.1) is 11.9 Å². The molecule has 3 heteroatoms. The molecule has 0 saturated carbocycles. The van der Waals surface area contributed by atoms with Crippen molar-refractivity contribution in [1.82, 2.24) is 4.98 Å². The molecule has 0 amide bonds. The summed E-state index contributed by atoms with van der Waals surface area (Å²) in [5, 5.41) is 0. The molecule has 0 spiro atoms. The minimum absolute atomic E-state index is 0.662. The molecule has 0 bridgehead atoms. The minimum Gasteiger partial charge on any atom is -0.397 e. The molecule has 1 aliphatic rings. The van der Waals surface area contributed by atoms with Crippen molar-refractivity contribution in [3.63, 3.8) is 0 Å². The molecule has 2 rings (SSSR count). The third kappa shape index (κ3) is 2.22. The SMILES string of the molecule is CC[C@H]1CCCCN1c1ccc(N)cn1. The average molecular weight is 205 g/mol. The monoisotopic (exact) mass is 205 g/mol. The molecule has 0 aliphatic carbocycles. The first-order chi connectivity index (χ1) is 7.31. The number of nitrogens with two attached hydrogens (primary N) is 1. The van der Waals surface area contributed by atoms with Crippen LogP contribution in [0.2, 0.25) is 0 Å². The van der Waals surface area contributed by atoms with Crippen molar-refractivity contribution in [2.75, 3.05) is 17.2 Å². The lowest BCUT2D eigenvalue weighted by Gasteiger charge is -2.36. The zero-order valence-electron chi connectivity index (χ0n) is 9.32. The van der Waals surface area contributed by atoms with Gasteiger partial charge in [0.25, 0.3) is 0 Å². The maximum atomic E-state index is 5.64. The molecule has 3 nitrogen and oxygen atoms in total. The Morgan fingerprint density at radius 2 is 2.33 bits per heavy atom. The quantitative estimate of drug-likeness (QED) is 0.806. The van der Waals surface area contributed by atoms with Crippen molar-refractivity contribution in [1.29, 1.82) is 0 Å². The van der Waals surface area contributed by atoms with Crippen molar-refractivity contribution in [2.45, 2.75) is 38.6 Å². The second-order valence-corrected chi connectivity index (χ2v) is 4.20. The van der Waals surface area contributed by atoms with Gasteiger partial charge in [-0.25, -0.2) is 4.98 Å². The number of aromatic nitrogens is 1. The topological polar surface area (TPSA) is 42.1 Å². The summed E-state index contributed by atoms with van der Waals surface area (Å²) in [4.78, 5) is 6.82. The van der Waals surface area contributed by atoms with Crippen LogP contribution in [0, 0.1) is 0 Å². The molecule has 0 unspecified atom stereocenters. The Balaban J connectivity index is 2.16. The van der Waals surface area contributed by atoms with Gasteiger partial charge < -0.3 is 10.6 Å². The molecule has 1 atom stereocenters. The van der Waals surface area contributed by atoms with E-state index in [2.05, 4.69) is 16.8 Å². The summed E-state index contributed by atoms with van der Waals surface area (Å²) in [7, 11) is 0. The van der Waals surface area contributed by atoms with E-state index < -0.39 is 0 Å². The van der Waals surface area contributed by atoms with Crippen molar-refractivity contribution in [3.05, 3.63) is 18.3 Å². The number of hydrogen-bond donors (Lipinski definition) is 1. The summed E-state index contributed by atoms with van der Waals surface area (Å²) < 4.78 is 0. The van der Waals surface area contributed by atoms with Gasteiger partial charge in [0.15, 0.2) is 0 Å². The van der Waals surface area contributed by atoms with Gasteiger partial charge in [0.1, 0.15) is 5.82 Å². The first-order valence-corrected chi connectivity index (χ1v) is 5.79. The maximum Gasteiger partial charge on any atom is 0.128 e. The van der Waals surface area contributed by atoms with Gasteiger partial charge >= 0.3 is 0 Å². The van der Waals surface area contributed by atoms with E-state index in [4.69, 9.17) is 5.73 Å². The number of hydrogen-bond acceptors (Lipinski definition) is 3. The lowest BCUT2D eigenvalue weighted by Crippen LogP contribution is -2.39. The summed E-state index contributed by atoms with van der Waals surface area (Å²) in [6.45, 7) is 3.38. The lowest BCUT2D eigenvalue weighted by molar-refractivity contribution is 0.447. The largest absolute Gasteiger partial charge is 0.397 e. The predicted molar refractivity (Wildman–Crippen MR) is 63.9 cm³/mol.